The summed E-state index contributed by atoms with van der Waals surface area (Å²) in [6.07, 6.45) is 14.8. The van der Waals surface area contributed by atoms with E-state index in [1.165, 1.54) is 0 Å². The van der Waals surface area contributed by atoms with Gasteiger partial charge in [-0.05, 0) is 61.6 Å². The predicted molar refractivity (Wildman–Crippen MR) is 242 cm³/mol. The van der Waals surface area contributed by atoms with E-state index in [4.69, 9.17) is 47.6 Å². The van der Waals surface area contributed by atoms with Crippen molar-refractivity contribution in [3.63, 3.8) is 0 Å². The van der Waals surface area contributed by atoms with Crippen molar-refractivity contribution in [2.45, 2.75) is 64.3 Å². The van der Waals surface area contributed by atoms with E-state index in [-0.39, 0.29) is 24.3 Å². The molecule has 328 valence electrons. The summed E-state index contributed by atoms with van der Waals surface area (Å²) in [6, 6.07) is 9.50. The van der Waals surface area contributed by atoms with Crippen LogP contribution in [-0.4, -0.2) is 110 Å². The van der Waals surface area contributed by atoms with Crippen LogP contribution in [0.1, 0.15) is 62.8 Å². The molecule has 0 unspecified atom stereocenters. The van der Waals surface area contributed by atoms with Crippen LogP contribution in [0, 0.1) is 0 Å². The van der Waals surface area contributed by atoms with Crippen molar-refractivity contribution >= 4 is 80.4 Å². The molecule has 6 aromatic rings. The predicted octanol–water partition coefficient (Wildman–Crippen LogP) is 6.38. The zero-order valence-corrected chi connectivity index (χ0v) is 36.5. The summed E-state index contributed by atoms with van der Waals surface area (Å²) >= 11 is 12.5. The lowest BCUT2D eigenvalue weighted by Gasteiger charge is -2.29. The van der Waals surface area contributed by atoms with Crippen molar-refractivity contribution < 1.29 is 19.1 Å². The molecule has 0 spiro atoms. The number of alkyl halides is 1. The Morgan fingerprint density at radius 1 is 0.952 bits per heavy atom. The van der Waals surface area contributed by atoms with Gasteiger partial charge in [0, 0.05) is 51.7 Å². The number of fused-ring (bicyclic) bond motifs is 3. The molecule has 1 saturated heterocycles. The molecule has 0 radical (unpaired) electrons. The second-order valence-electron chi connectivity index (χ2n) is 15.6. The highest BCUT2D eigenvalue weighted by Crippen LogP contribution is 2.32. The molecule has 17 nitrogen and oxygen atoms in total. The number of aromatic nitrogens is 8. The third-order valence-corrected chi connectivity index (χ3v) is 11.7. The number of morpholine rings is 1. The largest absolute Gasteiger partial charge is 0.484 e. The van der Waals surface area contributed by atoms with E-state index in [2.05, 4.69) is 35.9 Å². The summed E-state index contributed by atoms with van der Waals surface area (Å²) in [4.78, 5) is 51.1. The Morgan fingerprint density at radius 2 is 1.76 bits per heavy atom. The topological polar surface area (TPSA) is 185 Å². The van der Waals surface area contributed by atoms with E-state index in [1.54, 1.807) is 28.2 Å². The fourth-order valence-corrected chi connectivity index (χ4v) is 8.26. The van der Waals surface area contributed by atoms with Crippen molar-refractivity contribution in [2.75, 3.05) is 78.9 Å². The molecule has 2 aliphatic rings. The van der Waals surface area contributed by atoms with Gasteiger partial charge in [0.25, 0.3) is 5.91 Å². The number of benzene rings is 2. The van der Waals surface area contributed by atoms with E-state index >= 15 is 0 Å². The maximum atomic E-state index is 12.4. The number of rotatable bonds is 20. The van der Waals surface area contributed by atoms with Gasteiger partial charge in [-0.1, -0.05) is 43.7 Å². The fraction of sp³-hybridized carbons (Fsp3) is 0.465. The van der Waals surface area contributed by atoms with E-state index in [0.717, 1.165) is 104 Å². The molecule has 8 rings (SSSR count). The van der Waals surface area contributed by atoms with Gasteiger partial charge >= 0.3 is 0 Å². The zero-order valence-electron chi connectivity index (χ0n) is 35.0. The van der Waals surface area contributed by atoms with E-state index in [9.17, 15) is 9.59 Å². The summed E-state index contributed by atoms with van der Waals surface area (Å²) in [6.45, 7) is 5.12. The number of aryl methyl sites for hydroxylation is 2. The molecule has 1 fully saturated rings. The van der Waals surface area contributed by atoms with Crippen molar-refractivity contribution in [3.05, 3.63) is 65.5 Å². The number of carbonyl (C=O) groups is 2. The first-order valence-electron chi connectivity index (χ1n) is 21.4. The minimum atomic E-state index is -0.136. The number of unbranched alkanes of at least 4 members (excludes halogenated alkanes) is 6. The van der Waals surface area contributed by atoms with Gasteiger partial charge in [-0.3, -0.25) is 18.8 Å². The van der Waals surface area contributed by atoms with Crippen LogP contribution < -0.4 is 30.5 Å². The van der Waals surface area contributed by atoms with Gasteiger partial charge in [-0.25, -0.2) is 9.97 Å². The fourth-order valence-electron chi connectivity index (χ4n) is 7.89. The Balaban J connectivity index is 0.734. The number of nitrogens with one attached hydrogen (secondary N) is 4. The minimum absolute atomic E-state index is 0.0378. The number of ether oxygens (including phenoxy) is 2. The first-order valence-corrected chi connectivity index (χ1v) is 22.4. The second kappa shape index (κ2) is 20.5. The highest BCUT2D eigenvalue weighted by atomic mass is 35.5. The lowest BCUT2D eigenvalue weighted by Crippen LogP contribution is -2.37. The number of hydrogen-bond donors (Lipinski definition) is 4. The standard InChI is InChI=1S/C43H53Cl2N13O4/c1-55-26-30(24-50-55)58-28-49-40-41(53-43(54-42(40)58)56-16-18-61-19-17-56)48-25-37-51-34-21-32(45)33(22-35(34)52-37)46-13-7-5-3-2-4-6-8-14-47-38(59)27-62-31-11-12-36-29(20-31)10-9-15-57(36)39(60)23-44/h11-12,20-22,24,26,28,46H,2-10,13-19,23,25,27H2,1H3,(H,47,59)(H,51,52)(H,48,53,54). The average molecular weight is 887 g/mol. The number of nitrogens with zero attached hydrogens (tertiary/aromatic N) is 9. The Kier molecular flexibility index (Phi) is 14.2. The Bertz CT molecular complexity index is 2480. The SMILES string of the molecule is Cn1cc(-n2cnc3c(NCc4nc5cc(NCCCCCCCCCNC(=O)COc6ccc7c(c6)CCCN7C(=O)CCl)c(Cl)cc5[nH]4)nc(N4CCOCC4)nc32)cn1. The van der Waals surface area contributed by atoms with E-state index in [0.29, 0.717) is 79.6 Å². The summed E-state index contributed by atoms with van der Waals surface area (Å²) in [5.74, 6) is 2.32. The van der Waals surface area contributed by atoms with Gasteiger partial charge in [-0.2, -0.15) is 15.1 Å². The van der Waals surface area contributed by atoms with E-state index in [1.807, 2.05) is 42.1 Å². The maximum absolute atomic E-state index is 12.4. The van der Waals surface area contributed by atoms with Crippen LogP contribution in [0.3, 0.4) is 0 Å². The molecule has 2 aromatic carbocycles. The number of imidazole rings is 2. The molecular weight excluding hydrogens is 833 g/mol. The lowest BCUT2D eigenvalue weighted by molar-refractivity contribution is -0.123. The summed E-state index contributed by atoms with van der Waals surface area (Å²) < 4.78 is 15.0. The van der Waals surface area contributed by atoms with Gasteiger partial charge < -0.3 is 40.2 Å². The monoisotopic (exact) mass is 885 g/mol. The Labute approximate surface area is 369 Å². The molecule has 2 aliphatic heterocycles. The normalized spacial score (nSPS) is 14.0. The summed E-state index contributed by atoms with van der Waals surface area (Å²) in [5.41, 5.74) is 6.65. The summed E-state index contributed by atoms with van der Waals surface area (Å²) in [5, 5.41) is 14.9. The van der Waals surface area contributed by atoms with Gasteiger partial charge in [0.1, 0.15) is 23.8 Å². The van der Waals surface area contributed by atoms with Gasteiger partial charge in [0.05, 0.1) is 53.4 Å². The first kappa shape index (κ1) is 43.0. The third-order valence-electron chi connectivity index (χ3n) is 11.1. The number of H-pyrrole nitrogens is 1. The van der Waals surface area contributed by atoms with Gasteiger partial charge in [-0.15, -0.1) is 11.6 Å². The molecule has 0 saturated carbocycles. The highest BCUT2D eigenvalue weighted by Gasteiger charge is 2.23. The lowest BCUT2D eigenvalue weighted by atomic mass is 10.0. The van der Waals surface area contributed by atoms with Crippen LogP contribution in [0.2, 0.25) is 5.02 Å². The molecule has 4 N–H and O–H groups in total. The number of carbonyl (C=O) groups excluding carboxylic acids is 2. The molecule has 0 bridgehead atoms. The number of amides is 2. The van der Waals surface area contributed by atoms with Crippen molar-refractivity contribution in [3.8, 4) is 11.4 Å². The maximum Gasteiger partial charge on any atom is 0.257 e. The first-order chi connectivity index (χ1) is 30.3. The van der Waals surface area contributed by atoms with Crippen molar-refractivity contribution in [1.29, 1.82) is 0 Å². The molecule has 62 heavy (non-hydrogen) atoms. The quantitative estimate of drug-likeness (QED) is 0.0491. The molecule has 19 heteroatoms. The van der Waals surface area contributed by atoms with Crippen LogP contribution in [0.25, 0.3) is 27.9 Å². The Morgan fingerprint density at radius 3 is 2.55 bits per heavy atom. The Hall–Kier alpha value is -5.65. The van der Waals surface area contributed by atoms with Gasteiger partial charge in [0.2, 0.25) is 11.9 Å². The molecular formula is C43H53Cl2N13O4. The van der Waals surface area contributed by atoms with Crippen LogP contribution in [-0.2, 0) is 34.3 Å². The van der Waals surface area contributed by atoms with Crippen molar-refractivity contribution in [1.82, 2.24) is 44.6 Å². The smallest absolute Gasteiger partial charge is 0.257 e. The summed E-state index contributed by atoms with van der Waals surface area (Å²) in [7, 11) is 1.88. The van der Waals surface area contributed by atoms with Gasteiger partial charge in [0.15, 0.2) is 23.6 Å². The number of aromatic amines is 1. The second-order valence-corrected chi connectivity index (χ2v) is 16.3. The molecule has 2 amide bonds. The zero-order chi connectivity index (χ0) is 42.8. The number of halogens is 2. The average Bonchev–Trinajstić information content (AvgIpc) is 4.04. The van der Waals surface area contributed by atoms with E-state index < -0.39 is 0 Å². The van der Waals surface area contributed by atoms with Crippen molar-refractivity contribution in [2.24, 2.45) is 7.05 Å². The third kappa shape index (κ3) is 10.5. The number of anilines is 4. The molecule has 6 heterocycles. The molecule has 0 aliphatic carbocycles. The minimum Gasteiger partial charge on any atom is -0.484 e. The molecule has 4 aromatic heterocycles. The van der Waals surface area contributed by atoms with Crippen LogP contribution in [0.5, 0.6) is 5.75 Å². The van der Waals surface area contributed by atoms with Crippen LogP contribution in [0.15, 0.2) is 49.1 Å². The van der Waals surface area contributed by atoms with Crippen LogP contribution >= 0.6 is 23.2 Å². The molecule has 0 atom stereocenters. The van der Waals surface area contributed by atoms with Crippen LogP contribution in [0.4, 0.5) is 23.1 Å². The highest BCUT2D eigenvalue weighted by molar-refractivity contribution is 6.34. The number of hydrogen-bond acceptors (Lipinski definition) is 12.